The number of anilines is 1. The maximum Gasteiger partial charge on any atom is 0.331 e. The van der Waals surface area contributed by atoms with Crippen LogP contribution in [0.1, 0.15) is 5.56 Å². The van der Waals surface area contributed by atoms with Crippen LogP contribution in [0.25, 0.3) is 0 Å². The molecule has 2 aromatic rings. The van der Waals surface area contributed by atoms with Crippen LogP contribution in [0.4, 0.5) is 5.69 Å². The zero-order chi connectivity index (χ0) is 22.4. The fourth-order valence-electron chi connectivity index (χ4n) is 2.41. The van der Waals surface area contributed by atoms with Crippen molar-refractivity contribution >= 4 is 44.5 Å². The maximum atomic E-state index is 12.7. The summed E-state index contributed by atoms with van der Waals surface area (Å²) < 4.78 is 32.3. The molecule has 1 amide bonds. The van der Waals surface area contributed by atoms with Crippen LogP contribution in [-0.2, 0) is 24.3 Å². The zero-order valence-electron chi connectivity index (χ0n) is 16.4. The Kier molecular flexibility index (Phi) is 6.82. The number of esters is 1. The van der Waals surface area contributed by atoms with Gasteiger partial charge >= 0.3 is 16.0 Å². The Morgan fingerprint density at radius 1 is 1.13 bits per heavy atom. The van der Waals surface area contributed by atoms with E-state index in [9.17, 15) is 18.0 Å². The molecule has 0 unspecified atom stereocenters. The first kappa shape index (κ1) is 22.2. The first-order chi connectivity index (χ1) is 14.8. The summed E-state index contributed by atoms with van der Waals surface area (Å²) in [5, 5.41) is 7.46. The summed E-state index contributed by atoms with van der Waals surface area (Å²) in [5.41, 5.74) is 3.58. The molecule has 0 atom stereocenters. The van der Waals surface area contributed by atoms with E-state index in [1.807, 2.05) is 6.92 Å². The number of benzene rings is 2. The molecule has 1 fully saturated rings. The molecule has 1 saturated heterocycles. The summed E-state index contributed by atoms with van der Waals surface area (Å²) in [7, 11) is -2.81. The fourth-order valence-corrected chi connectivity index (χ4v) is 4.03. The Hall–Kier alpha value is -3.51. The smallest absolute Gasteiger partial charge is 0.331 e. The molecule has 3 rings (SSSR count). The van der Waals surface area contributed by atoms with E-state index in [1.54, 1.807) is 42.5 Å². The number of nitrogens with zero attached hydrogens (tertiary/aromatic N) is 4. The lowest BCUT2D eigenvalue weighted by atomic mass is 10.2. The van der Waals surface area contributed by atoms with E-state index in [-0.39, 0.29) is 15.0 Å². The van der Waals surface area contributed by atoms with Crippen molar-refractivity contribution in [2.45, 2.75) is 11.8 Å². The van der Waals surface area contributed by atoms with Crippen LogP contribution in [0.5, 0.6) is 0 Å². The van der Waals surface area contributed by atoms with E-state index >= 15 is 0 Å². The number of aryl methyl sites for hydroxylation is 1. The average Bonchev–Trinajstić information content (AvgIpc) is 3.07. The number of rotatable bonds is 6. The van der Waals surface area contributed by atoms with Gasteiger partial charge in [0, 0.05) is 6.08 Å². The predicted octanol–water partition coefficient (Wildman–Crippen LogP) is 2.75. The van der Waals surface area contributed by atoms with Gasteiger partial charge in [-0.2, -0.15) is 14.0 Å². The molecule has 0 radical (unpaired) electrons. The maximum absolute atomic E-state index is 12.7. The lowest BCUT2D eigenvalue weighted by Crippen LogP contribution is -2.29. The number of hydrazone groups is 1. The van der Waals surface area contributed by atoms with E-state index < -0.39 is 21.9 Å². The van der Waals surface area contributed by atoms with Gasteiger partial charge in [0.2, 0.25) is 5.17 Å². The van der Waals surface area contributed by atoms with Crippen molar-refractivity contribution in [1.29, 1.82) is 0 Å². The minimum absolute atomic E-state index is 0.0177. The molecule has 0 bridgehead atoms. The molecule has 0 aromatic heterocycles. The molecule has 1 heterocycles. The van der Waals surface area contributed by atoms with Crippen LogP contribution in [0.3, 0.4) is 0 Å². The largest absolute Gasteiger partial charge is 0.466 e. The van der Waals surface area contributed by atoms with Gasteiger partial charge < -0.3 is 4.74 Å². The molecular formula is C19H17N5O5S2. The minimum atomic E-state index is -4.01. The first-order valence-corrected chi connectivity index (χ1v) is 11.0. The minimum Gasteiger partial charge on any atom is -0.466 e. The van der Waals surface area contributed by atoms with Crippen LogP contribution < -0.4 is 10.4 Å². The van der Waals surface area contributed by atoms with Crippen molar-refractivity contribution in [1.82, 2.24) is 5.53 Å². The van der Waals surface area contributed by atoms with Crippen molar-refractivity contribution in [2.24, 2.45) is 14.8 Å². The lowest BCUT2D eigenvalue weighted by Gasteiger charge is -2.14. The Morgan fingerprint density at radius 3 is 2.45 bits per heavy atom. The van der Waals surface area contributed by atoms with E-state index in [4.69, 9.17) is 0 Å². The third-order valence-electron chi connectivity index (χ3n) is 3.93. The number of methoxy groups -OCH3 is 1. The van der Waals surface area contributed by atoms with Crippen LogP contribution in [0.2, 0.25) is 0 Å². The molecular weight excluding hydrogens is 442 g/mol. The molecule has 1 aliphatic rings. The molecule has 0 aliphatic carbocycles. The summed E-state index contributed by atoms with van der Waals surface area (Å²) in [5.74, 6) is -1.19. The SMILES string of the molecule is COC(=O)/C=C1\S/C(=N\N/N=N/S(=O)(=O)c2ccc(C)cc2)N(c2ccccc2)C1=O. The summed E-state index contributed by atoms with van der Waals surface area (Å²) >= 11 is 0.894. The molecule has 12 heteroatoms. The number of hydrogen-bond donors (Lipinski definition) is 1. The normalized spacial score (nSPS) is 17.0. The number of thioether (sulfide) groups is 1. The molecule has 0 spiro atoms. The monoisotopic (exact) mass is 459 g/mol. The number of carbonyl (C=O) groups excluding carboxylic acids is 2. The number of sulfonamides is 1. The second-order valence-electron chi connectivity index (χ2n) is 6.07. The van der Waals surface area contributed by atoms with Crippen LogP contribution in [0.15, 0.2) is 85.3 Å². The fraction of sp³-hybridized carbons (Fsp3) is 0.105. The summed E-state index contributed by atoms with van der Waals surface area (Å²) in [6, 6.07) is 14.7. The lowest BCUT2D eigenvalue weighted by molar-refractivity contribution is -0.135. The summed E-state index contributed by atoms with van der Waals surface area (Å²) in [6.45, 7) is 1.83. The Balaban J connectivity index is 1.83. The molecule has 31 heavy (non-hydrogen) atoms. The second-order valence-corrected chi connectivity index (χ2v) is 8.67. The molecule has 160 valence electrons. The van der Waals surface area contributed by atoms with Gasteiger partial charge in [-0.25, -0.2) is 4.79 Å². The standard InChI is InChI=1S/C19H17N5O5S2/c1-13-8-10-15(11-9-13)31(27,28)23-22-21-20-19-24(14-6-4-3-5-7-14)18(26)16(30-19)12-17(25)29-2/h3-12H,1-2H3,(H,21,23)/b16-12-,20-19-. The zero-order valence-corrected chi connectivity index (χ0v) is 18.1. The van der Waals surface area contributed by atoms with Crippen molar-refractivity contribution in [3.05, 3.63) is 71.1 Å². The second kappa shape index (κ2) is 9.53. The van der Waals surface area contributed by atoms with Gasteiger partial charge in [-0.3, -0.25) is 9.69 Å². The molecule has 1 aliphatic heterocycles. The number of ether oxygens (including phenoxy) is 1. The number of hydrogen-bond acceptors (Lipinski definition) is 8. The van der Waals surface area contributed by atoms with Crippen molar-refractivity contribution < 1.29 is 22.7 Å². The molecule has 10 nitrogen and oxygen atoms in total. The number of para-hydroxylation sites is 1. The highest BCUT2D eigenvalue weighted by Crippen LogP contribution is 2.34. The molecule has 0 saturated carbocycles. The summed E-state index contributed by atoms with van der Waals surface area (Å²) in [4.78, 5) is 25.6. The predicted molar refractivity (Wildman–Crippen MR) is 115 cm³/mol. The van der Waals surface area contributed by atoms with Gasteiger partial charge in [-0.1, -0.05) is 35.9 Å². The van der Waals surface area contributed by atoms with Gasteiger partial charge in [0.15, 0.2) is 0 Å². The molecule has 1 N–H and O–H groups in total. The van der Waals surface area contributed by atoms with Crippen LogP contribution >= 0.6 is 11.8 Å². The van der Waals surface area contributed by atoms with E-state index in [0.29, 0.717) is 5.69 Å². The van der Waals surface area contributed by atoms with E-state index in [0.717, 1.165) is 23.4 Å². The van der Waals surface area contributed by atoms with Gasteiger partial charge in [-0.15, -0.1) is 5.10 Å². The Labute approximate surface area is 182 Å². The number of carbonyl (C=O) groups is 2. The quantitative estimate of drug-likeness (QED) is 0.304. The van der Waals surface area contributed by atoms with Crippen molar-refractivity contribution in [3.8, 4) is 0 Å². The van der Waals surface area contributed by atoms with Gasteiger partial charge in [-0.05, 0) is 52.7 Å². The topological polar surface area (TPSA) is 130 Å². The number of amides is 1. The van der Waals surface area contributed by atoms with Crippen LogP contribution in [-0.4, -0.2) is 32.6 Å². The average molecular weight is 460 g/mol. The highest BCUT2D eigenvalue weighted by molar-refractivity contribution is 8.19. The van der Waals surface area contributed by atoms with Crippen molar-refractivity contribution in [2.75, 3.05) is 12.0 Å². The summed E-state index contributed by atoms with van der Waals surface area (Å²) in [6.07, 6.45) is 1.05. The third kappa shape index (κ3) is 5.35. The Morgan fingerprint density at radius 2 is 1.81 bits per heavy atom. The van der Waals surface area contributed by atoms with Crippen molar-refractivity contribution in [3.63, 3.8) is 0 Å². The van der Waals surface area contributed by atoms with Gasteiger partial charge in [0.1, 0.15) is 0 Å². The van der Waals surface area contributed by atoms with E-state index in [2.05, 4.69) is 25.1 Å². The first-order valence-electron chi connectivity index (χ1n) is 8.75. The third-order valence-corrected chi connectivity index (χ3v) is 6.06. The highest BCUT2D eigenvalue weighted by Gasteiger charge is 2.35. The number of amidine groups is 1. The van der Waals surface area contributed by atoms with E-state index in [1.165, 1.54) is 24.1 Å². The van der Waals surface area contributed by atoms with Gasteiger partial charge in [0.25, 0.3) is 5.91 Å². The number of nitrogens with one attached hydrogen (secondary N) is 1. The highest BCUT2D eigenvalue weighted by atomic mass is 32.2. The van der Waals surface area contributed by atoms with Crippen LogP contribution in [0, 0.1) is 6.92 Å². The van der Waals surface area contributed by atoms with Gasteiger partial charge in [0.05, 0.1) is 22.6 Å². The Bertz CT molecular complexity index is 1180. The molecule has 2 aromatic carbocycles.